The molecule has 0 atom stereocenters. The summed E-state index contributed by atoms with van der Waals surface area (Å²) in [7, 11) is 5.40. The Labute approximate surface area is 244 Å². The maximum Gasteiger partial charge on any atom is 0.343 e. The Hall–Kier alpha value is -2.73. The number of fused-ring (bicyclic) bond motifs is 3. The minimum atomic E-state index is -0.426. The summed E-state index contributed by atoms with van der Waals surface area (Å²) in [4.78, 5) is 29.8. The topological polar surface area (TPSA) is 59.1 Å². The number of carbonyl (C=O) groups excluding carboxylic acids is 2. The van der Waals surface area contributed by atoms with Crippen LogP contribution in [0.3, 0.4) is 0 Å². The number of amides is 1. The summed E-state index contributed by atoms with van der Waals surface area (Å²) < 4.78 is 10.4. The van der Waals surface area contributed by atoms with Crippen LogP contribution in [0.4, 0.5) is 11.4 Å². The van der Waals surface area contributed by atoms with Gasteiger partial charge in [0.15, 0.2) is 6.61 Å². The van der Waals surface area contributed by atoms with Crippen LogP contribution < -0.4 is 14.5 Å². The quantitative estimate of drug-likeness (QED) is 0.301. The lowest BCUT2D eigenvalue weighted by atomic mass is 9.51. The zero-order chi connectivity index (χ0) is 28.3. The number of halogens is 1. The molecule has 216 valence electrons. The highest BCUT2D eigenvalue weighted by Gasteiger charge is 2.50. The highest BCUT2D eigenvalue weighted by Crippen LogP contribution is 2.58. The zero-order valence-electron chi connectivity index (χ0n) is 24.2. The van der Waals surface area contributed by atoms with Gasteiger partial charge in [-0.25, -0.2) is 4.79 Å². The van der Waals surface area contributed by atoms with Gasteiger partial charge >= 0.3 is 5.97 Å². The molecule has 0 N–H and O–H groups in total. The van der Waals surface area contributed by atoms with Crippen LogP contribution >= 0.6 is 11.6 Å². The minimum Gasteiger partial charge on any atom is -0.482 e. The van der Waals surface area contributed by atoms with E-state index in [0.29, 0.717) is 5.75 Å². The van der Waals surface area contributed by atoms with E-state index >= 15 is 0 Å². The van der Waals surface area contributed by atoms with E-state index in [1.807, 2.05) is 38.4 Å². The molecule has 6 rings (SSSR count). The van der Waals surface area contributed by atoms with Crippen LogP contribution in [0.2, 0.25) is 5.02 Å². The highest BCUT2D eigenvalue weighted by molar-refractivity contribution is 6.33. The van der Waals surface area contributed by atoms with Gasteiger partial charge in [0.2, 0.25) is 5.91 Å². The molecular weight excluding hydrogens is 524 g/mol. The average Bonchev–Trinajstić information content (AvgIpc) is 2.99. The van der Waals surface area contributed by atoms with Crippen molar-refractivity contribution in [2.75, 3.05) is 44.2 Å². The number of hydrogen-bond acceptors (Lipinski definition) is 5. The van der Waals surface area contributed by atoms with Crippen LogP contribution in [0, 0.1) is 11.3 Å². The fourth-order valence-electron chi connectivity index (χ4n) is 7.28. The molecule has 0 heterocycles. The molecular formula is C33H43ClN2O4. The van der Waals surface area contributed by atoms with Crippen molar-refractivity contribution in [3.8, 4) is 5.75 Å². The van der Waals surface area contributed by atoms with Crippen molar-refractivity contribution in [3.63, 3.8) is 0 Å². The molecule has 4 aliphatic carbocycles. The third kappa shape index (κ3) is 5.97. The molecule has 2 aromatic carbocycles. The third-order valence-corrected chi connectivity index (χ3v) is 10.2. The Morgan fingerprint density at radius 1 is 0.950 bits per heavy atom. The number of carbonyl (C=O) groups is 2. The van der Waals surface area contributed by atoms with Crippen molar-refractivity contribution in [1.82, 2.24) is 0 Å². The predicted molar refractivity (Wildman–Crippen MR) is 160 cm³/mol. The molecule has 0 unspecified atom stereocenters. The second-order valence-corrected chi connectivity index (χ2v) is 12.9. The van der Waals surface area contributed by atoms with E-state index in [9.17, 15) is 9.59 Å². The van der Waals surface area contributed by atoms with Crippen molar-refractivity contribution in [3.05, 3.63) is 53.1 Å². The first kappa shape index (κ1) is 28.8. The fourth-order valence-corrected chi connectivity index (χ4v) is 7.63. The van der Waals surface area contributed by atoms with Gasteiger partial charge < -0.3 is 19.3 Å². The van der Waals surface area contributed by atoms with Crippen molar-refractivity contribution in [1.29, 1.82) is 0 Å². The number of anilines is 2. The van der Waals surface area contributed by atoms with Gasteiger partial charge in [-0.3, -0.25) is 4.79 Å². The SMILES string of the molecule is COC(=O)COc1cccc(N(CC23CCC(c4ccc(N(C)C)c(Cl)c4)(CC2)CC3)C(=O)C2CCCCC2)c1. The van der Waals surface area contributed by atoms with E-state index in [-0.39, 0.29) is 29.3 Å². The first-order chi connectivity index (χ1) is 19.2. The van der Waals surface area contributed by atoms with Gasteiger partial charge in [-0.05, 0) is 92.0 Å². The van der Waals surface area contributed by atoms with Crippen LogP contribution in [0.15, 0.2) is 42.5 Å². The van der Waals surface area contributed by atoms with Gasteiger partial charge in [0.05, 0.1) is 17.8 Å². The maximum absolute atomic E-state index is 14.1. The lowest BCUT2D eigenvalue weighted by Crippen LogP contribution is -2.51. The second kappa shape index (κ2) is 12.0. The van der Waals surface area contributed by atoms with Crippen molar-refractivity contribution < 1.29 is 19.1 Å². The predicted octanol–water partition coefficient (Wildman–Crippen LogP) is 7.16. The number of rotatable bonds is 9. The first-order valence-electron chi connectivity index (χ1n) is 14.8. The largest absolute Gasteiger partial charge is 0.482 e. The highest BCUT2D eigenvalue weighted by atomic mass is 35.5. The Kier molecular flexibility index (Phi) is 8.65. The molecule has 2 aromatic rings. The Balaban J connectivity index is 1.36. The number of ether oxygens (including phenoxy) is 2. The maximum atomic E-state index is 14.1. The van der Waals surface area contributed by atoms with Crippen LogP contribution in [0.25, 0.3) is 0 Å². The smallest absolute Gasteiger partial charge is 0.343 e. The van der Waals surface area contributed by atoms with E-state index in [0.717, 1.165) is 87.2 Å². The molecule has 4 aliphatic rings. The van der Waals surface area contributed by atoms with Crippen LogP contribution in [0.1, 0.15) is 76.2 Å². The van der Waals surface area contributed by atoms with E-state index in [1.54, 1.807) is 0 Å². The monoisotopic (exact) mass is 566 g/mol. The van der Waals surface area contributed by atoms with Gasteiger partial charge in [-0.1, -0.05) is 43.0 Å². The molecule has 0 spiro atoms. The zero-order valence-corrected chi connectivity index (χ0v) is 25.0. The molecule has 0 radical (unpaired) electrons. The Bertz CT molecular complexity index is 1200. The van der Waals surface area contributed by atoms with Crippen LogP contribution in [0.5, 0.6) is 5.75 Å². The van der Waals surface area contributed by atoms with Crippen molar-refractivity contribution >= 4 is 34.9 Å². The molecule has 4 saturated carbocycles. The molecule has 7 heteroatoms. The molecule has 1 amide bonds. The Morgan fingerprint density at radius 3 is 2.27 bits per heavy atom. The third-order valence-electron chi connectivity index (χ3n) is 9.87. The van der Waals surface area contributed by atoms with Crippen molar-refractivity contribution in [2.45, 2.75) is 76.0 Å². The molecule has 0 aliphatic heterocycles. The van der Waals surface area contributed by atoms with E-state index < -0.39 is 5.97 Å². The molecule has 0 aromatic heterocycles. The van der Waals surface area contributed by atoms with Crippen molar-refractivity contribution in [2.24, 2.45) is 11.3 Å². The standard InChI is InChI=1S/C33H43ClN2O4/c1-35(2)29-13-12-25(20-28(29)34)33-17-14-32(15-18-33,16-19-33)23-36(31(38)24-8-5-4-6-9-24)26-10-7-11-27(21-26)40-22-30(37)39-3/h7,10-13,20-21,24H,4-6,8-9,14-19,22-23H2,1-3H3. The summed E-state index contributed by atoms with van der Waals surface area (Å²) in [5.74, 6) is 0.470. The Morgan fingerprint density at radius 2 is 1.65 bits per heavy atom. The summed E-state index contributed by atoms with van der Waals surface area (Å²) in [6.07, 6.45) is 12.1. The molecule has 6 nitrogen and oxygen atoms in total. The van der Waals surface area contributed by atoms with Gasteiger partial charge in [-0.15, -0.1) is 0 Å². The number of benzene rings is 2. The number of methoxy groups -OCH3 is 1. The van der Waals surface area contributed by atoms with Crippen LogP contribution in [-0.2, 0) is 19.7 Å². The summed E-state index contributed by atoms with van der Waals surface area (Å²) >= 11 is 6.69. The molecule has 0 saturated heterocycles. The van der Waals surface area contributed by atoms with E-state index in [4.69, 9.17) is 21.1 Å². The minimum absolute atomic E-state index is 0.0772. The number of nitrogens with zero attached hydrogens (tertiary/aromatic N) is 2. The van der Waals surface area contributed by atoms with Gasteiger partial charge in [-0.2, -0.15) is 0 Å². The summed E-state index contributed by atoms with van der Waals surface area (Å²) in [5, 5.41) is 0.817. The number of esters is 1. The number of hydrogen-bond donors (Lipinski definition) is 0. The molecule has 2 bridgehead atoms. The van der Waals surface area contributed by atoms with Gasteiger partial charge in [0, 0.05) is 38.3 Å². The van der Waals surface area contributed by atoms with E-state index in [1.165, 1.54) is 19.1 Å². The first-order valence-corrected chi connectivity index (χ1v) is 15.2. The summed E-state index contributed by atoms with van der Waals surface area (Å²) in [6.45, 7) is 0.585. The van der Waals surface area contributed by atoms with Gasteiger partial charge in [0.1, 0.15) is 5.75 Å². The second-order valence-electron chi connectivity index (χ2n) is 12.5. The summed E-state index contributed by atoms with van der Waals surface area (Å²) in [6, 6.07) is 14.3. The summed E-state index contributed by atoms with van der Waals surface area (Å²) in [5.41, 5.74) is 3.57. The van der Waals surface area contributed by atoms with E-state index in [2.05, 4.69) is 28.0 Å². The fraction of sp³-hybridized carbons (Fsp3) is 0.576. The molecule has 40 heavy (non-hydrogen) atoms. The lowest BCUT2D eigenvalue weighted by Gasteiger charge is -2.55. The van der Waals surface area contributed by atoms with Crippen LogP contribution in [-0.4, -0.2) is 46.2 Å². The van der Waals surface area contributed by atoms with Gasteiger partial charge in [0.25, 0.3) is 0 Å². The average molecular weight is 567 g/mol. The lowest BCUT2D eigenvalue weighted by molar-refractivity contribution is -0.142. The molecule has 4 fully saturated rings. The normalized spacial score (nSPS) is 24.4.